The molecule has 1 saturated heterocycles. The van der Waals surface area contributed by atoms with Crippen LogP contribution in [0.15, 0.2) is 0 Å². The van der Waals surface area contributed by atoms with Crippen molar-refractivity contribution in [1.29, 1.82) is 0 Å². The largest absolute Gasteiger partial charge is 0.391 e. The molecule has 1 saturated carbocycles. The topological polar surface area (TPSA) is 15.3 Å². The highest BCUT2D eigenvalue weighted by Crippen LogP contribution is 2.38. The van der Waals surface area contributed by atoms with Crippen LogP contribution in [0.1, 0.15) is 58.3 Å². The van der Waals surface area contributed by atoms with Crippen LogP contribution in [0.3, 0.4) is 0 Å². The van der Waals surface area contributed by atoms with E-state index in [1.165, 1.54) is 19.3 Å². The lowest BCUT2D eigenvalue weighted by atomic mass is 9.84. The number of alkyl halides is 3. The summed E-state index contributed by atoms with van der Waals surface area (Å²) in [7, 11) is 0. The third-order valence-corrected chi connectivity index (χ3v) is 5.05. The minimum absolute atomic E-state index is 0.312. The van der Waals surface area contributed by atoms with Crippen molar-refractivity contribution in [2.24, 2.45) is 5.92 Å². The second-order valence-electron chi connectivity index (χ2n) is 6.69. The molecular formula is C16H29F3N2. The van der Waals surface area contributed by atoms with Gasteiger partial charge in [0.1, 0.15) is 0 Å². The summed E-state index contributed by atoms with van der Waals surface area (Å²) in [4.78, 5) is 2.45. The van der Waals surface area contributed by atoms with Gasteiger partial charge < -0.3 is 5.32 Å². The minimum atomic E-state index is -3.99. The van der Waals surface area contributed by atoms with Crippen LogP contribution in [0.2, 0.25) is 0 Å². The van der Waals surface area contributed by atoms with Crippen LogP contribution in [0, 0.1) is 5.92 Å². The van der Waals surface area contributed by atoms with Crippen LogP contribution in [-0.2, 0) is 0 Å². The molecule has 2 rings (SSSR count). The predicted octanol–water partition coefficient (Wildman–Crippen LogP) is 3.96. The van der Waals surface area contributed by atoms with E-state index >= 15 is 0 Å². The smallest absolute Gasteiger partial charge is 0.313 e. The third-order valence-electron chi connectivity index (χ3n) is 5.05. The van der Waals surface area contributed by atoms with Gasteiger partial charge in [-0.15, -0.1) is 0 Å². The summed E-state index contributed by atoms with van der Waals surface area (Å²) in [6, 6.07) is 0.887. The summed E-state index contributed by atoms with van der Waals surface area (Å²) in [5, 5.41) is 3.56. The molecule has 1 heterocycles. The molecule has 0 aromatic heterocycles. The Hall–Kier alpha value is -0.290. The van der Waals surface area contributed by atoms with Crippen LogP contribution >= 0.6 is 0 Å². The van der Waals surface area contributed by atoms with Crippen LogP contribution in [0.5, 0.6) is 0 Å². The monoisotopic (exact) mass is 306 g/mol. The van der Waals surface area contributed by atoms with Gasteiger partial charge in [0.2, 0.25) is 0 Å². The Morgan fingerprint density at radius 3 is 2.29 bits per heavy atom. The van der Waals surface area contributed by atoms with E-state index in [2.05, 4.69) is 17.1 Å². The van der Waals surface area contributed by atoms with E-state index < -0.39 is 12.1 Å². The Labute approximate surface area is 126 Å². The van der Waals surface area contributed by atoms with Crippen molar-refractivity contribution < 1.29 is 13.2 Å². The number of halogens is 3. The van der Waals surface area contributed by atoms with Crippen LogP contribution in [0.25, 0.3) is 0 Å². The number of nitrogens with zero attached hydrogens (tertiary/aromatic N) is 1. The van der Waals surface area contributed by atoms with Crippen molar-refractivity contribution in [2.75, 3.05) is 19.6 Å². The molecule has 1 aliphatic heterocycles. The van der Waals surface area contributed by atoms with Crippen LogP contribution in [0.4, 0.5) is 13.2 Å². The van der Waals surface area contributed by atoms with Gasteiger partial charge in [0.25, 0.3) is 0 Å². The van der Waals surface area contributed by atoms with Crippen LogP contribution < -0.4 is 5.32 Å². The molecule has 21 heavy (non-hydrogen) atoms. The Kier molecular flexibility index (Phi) is 6.35. The maximum atomic E-state index is 12.8. The van der Waals surface area contributed by atoms with Gasteiger partial charge in [-0.05, 0) is 58.0 Å². The molecule has 2 aliphatic rings. The first-order chi connectivity index (χ1) is 10.0. The first-order valence-corrected chi connectivity index (χ1v) is 8.55. The normalized spacial score (nSPS) is 31.6. The van der Waals surface area contributed by atoms with E-state index in [1.54, 1.807) is 0 Å². The number of nitrogens with one attached hydrogen (secondary N) is 1. The van der Waals surface area contributed by atoms with Crippen molar-refractivity contribution in [3.05, 3.63) is 0 Å². The van der Waals surface area contributed by atoms with Crippen molar-refractivity contribution in [2.45, 2.75) is 76.6 Å². The summed E-state index contributed by atoms with van der Waals surface area (Å²) in [5.74, 6) is -1.06. The first kappa shape index (κ1) is 17.1. The number of hydrogen-bond acceptors (Lipinski definition) is 2. The molecular weight excluding hydrogens is 277 g/mol. The van der Waals surface area contributed by atoms with Gasteiger partial charge in [0.05, 0.1) is 5.92 Å². The van der Waals surface area contributed by atoms with Crippen molar-refractivity contribution in [3.63, 3.8) is 0 Å². The second-order valence-corrected chi connectivity index (χ2v) is 6.69. The lowest BCUT2D eigenvalue weighted by Crippen LogP contribution is -2.49. The quantitative estimate of drug-likeness (QED) is 0.827. The number of piperidine rings is 1. The molecule has 2 nitrogen and oxygen atoms in total. The molecule has 0 spiro atoms. The highest BCUT2D eigenvalue weighted by Gasteiger charge is 2.42. The summed E-state index contributed by atoms with van der Waals surface area (Å²) in [6.07, 6.45) is 2.85. The Morgan fingerprint density at radius 2 is 1.76 bits per heavy atom. The lowest BCUT2D eigenvalue weighted by Gasteiger charge is -2.39. The Bertz CT molecular complexity index is 292. The number of hydrogen-bond donors (Lipinski definition) is 1. The predicted molar refractivity (Wildman–Crippen MR) is 79.3 cm³/mol. The average molecular weight is 306 g/mol. The Morgan fingerprint density at radius 1 is 1.05 bits per heavy atom. The van der Waals surface area contributed by atoms with Gasteiger partial charge in [0, 0.05) is 18.6 Å². The van der Waals surface area contributed by atoms with E-state index in [0.29, 0.717) is 37.8 Å². The average Bonchev–Trinajstić information content (AvgIpc) is 2.47. The zero-order valence-electron chi connectivity index (χ0n) is 13.1. The molecule has 0 amide bonds. The zero-order chi connectivity index (χ0) is 15.3. The van der Waals surface area contributed by atoms with Crippen molar-refractivity contribution in [1.82, 2.24) is 10.2 Å². The van der Waals surface area contributed by atoms with Gasteiger partial charge in [-0.2, -0.15) is 13.2 Å². The fourth-order valence-electron chi connectivity index (χ4n) is 3.84. The molecule has 124 valence electrons. The summed E-state index contributed by atoms with van der Waals surface area (Å²) < 4.78 is 38.3. The van der Waals surface area contributed by atoms with Gasteiger partial charge >= 0.3 is 6.18 Å². The summed E-state index contributed by atoms with van der Waals surface area (Å²) >= 11 is 0. The standard InChI is InChI=1S/C16H29F3N2/c1-2-11-21(12-14-5-3-4-10-20-14)15-8-6-13(7-9-15)16(17,18)19/h13-15,20H,2-12H2,1H3. The van der Waals surface area contributed by atoms with Crippen molar-refractivity contribution in [3.8, 4) is 0 Å². The fraction of sp³-hybridized carbons (Fsp3) is 1.00. The van der Waals surface area contributed by atoms with E-state index in [-0.39, 0.29) is 0 Å². The minimum Gasteiger partial charge on any atom is -0.313 e. The first-order valence-electron chi connectivity index (χ1n) is 8.55. The van der Waals surface area contributed by atoms with E-state index in [1.807, 2.05) is 0 Å². The third kappa shape index (κ3) is 5.13. The van der Waals surface area contributed by atoms with Gasteiger partial charge in [-0.1, -0.05) is 13.3 Å². The molecule has 1 unspecified atom stereocenters. The highest BCUT2D eigenvalue weighted by molar-refractivity contribution is 4.85. The Balaban J connectivity index is 1.84. The second kappa shape index (κ2) is 7.82. The number of rotatable bonds is 5. The van der Waals surface area contributed by atoms with E-state index in [0.717, 1.165) is 26.1 Å². The molecule has 0 radical (unpaired) electrons. The van der Waals surface area contributed by atoms with E-state index in [9.17, 15) is 13.2 Å². The fourth-order valence-corrected chi connectivity index (χ4v) is 3.84. The molecule has 1 N–H and O–H groups in total. The molecule has 0 bridgehead atoms. The molecule has 5 heteroatoms. The van der Waals surface area contributed by atoms with Gasteiger partial charge in [-0.3, -0.25) is 4.90 Å². The lowest BCUT2D eigenvalue weighted by molar-refractivity contribution is -0.184. The molecule has 0 aromatic rings. The van der Waals surface area contributed by atoms with Crippen LogP contribution in [-0.4, -0.2) is 42.8 Å². The zero-order valence-corrected chi connectivity index (χ0v) is 13.1. The summed E-state index contributed by atoms with van der Waals surface area (Å²) in [5.41, 5.74) is 0. The SMILES string of the molecule is CCCN(CC1CCCCN1)C1CCC(C(F)(F)F)CC1. The maximum Gasteiger partial charge on any atom is 0.391 e. The molecule has 1 atom stereocenters. The van der Waals surface area contributed by atoms with Gasteiger partial charge in [-0.25, -0.2) is 0 Å². The highest BCUT2D eigenvalue weighted by atomic mass is 19.4. The summed E-state index contributed by atoms with van der Waals surface area (Å²) in [6.45, 7) is 5.27. The van der Waals surface area contributed by atoms with Gasteiger partial charge in [0.15, 0.2) is 0 Å². The van der Waals surface area contributed by atoms with Crippen molar-refractivity contribution >= 4 is 0 Å². The molecule has 2 fully saturated rings. The molecule has 1 aliphatic carbocycles. The van der Waals surface area contributed by atoms with E-state index in [4.69, 9.17) is 0 Å². The molecule has 0 aromatic carbocycles. The maximum absolute atomic E-state index is 12.8.